The van der Waals surface area contributed by atoms with Crippen LogP contribution in [0.1, 0.15) is 17.5 Å². The molecule has 0 atom stereocenters. The van der Waals surface area contributed by atoms with Crippen LogP contribution in [-0.2, 0) is 13.1 Å². The minimum atomic E-state index is -4.34. The molecule has 0 radical (unpaired) electrons. The standard InChI is InChI=1S/C19H19ClF3NO3/c20-16-8-14(9-17-18(16)26-7-1-6-25-17)11-24-10-13-2-4-15(5-3-13)27-12-19(21,22)23/h2-5,8-9,24H,1,6-7,10-12H2. The molecule has 146 valence electrons. The number of halogens is 4. The molecule has 2 aromatic carbocycles. The van der Waals surface area contributed by atoms with E-state index >= 15 is 0 Å². The van der Waals surface area contributed by atoms with E-state index < -0.39 is 12.8 Å². The minimum absolute atomic E-state index is 0.186. The summed E-state index contributed by atoms with van der Waals surface area (Å²) in [6, 6.07) is 10.2. The Kier molecular flexibility index (Phi) is 6.34. The summed E-state index contributed by atoms with van der Waals surface area (Å²) in [5.41, 5.74) is 1.88. The summed E-state index contributed by atoms with van der Waals surface area (Å²) in [6.45, 7) is 0.972. The van der Waals surface area contributed by atoms with Gasteiger partial charge >= 0.3 is 6.18 Å². The predicted molar refractivity (Wildman–Crippen MR) is 95.6 cm³/mol. The normalized spacial score (nSPS) is 13.9. The molecule has 27 heavy (non-hydrogen) atoms. The number of hydrogen-bond acceptors (Lipinski definition) is 4. The molecule has 3 rings (SSSR count). The fraction of sp³-hybridized carbons (Fsp3) is 0.368. The third-order valence-corrected chi connectivity index (χ3v) is 4.13. The van der Waals surface area contributed by atoms with Crippen molar-refractivity contribution < 1.29 is 27.4 Å². The van der Waals surface area contributed by atoms with Gasteiger partial charge in [0.25, 0.3) is 0 Å². The van der Waals surface area contributed by atoms with E-state index in [9.17, 15) is 13.2 Å². The zero-order valence-electron chi connectivity index (χ0n) is 14.4. The molecule has 0 spiro atoms. The zero-order chi connectivity index (χ0) is 19.3. The van der Waals surface area contributed by atoms with Gasteiger partial charge in [-0.2, -0.15) is 13.2 Å². The molecule has 0 fully saturated rings. The fourth-order valence-corrected chi connectivity index (χ4v) is 2.89. The van der Waals surface area contributed by atoms with Gasteiger partial charge in [0.05, 0.1) is 18.2 Å². The highest BCUT2D eigenvalue weighted by molar-refractivity contribution is 6.32. The lowest BCUT2D eigenvalue weighted by atomic mass is 10.1. The third kappa shape index (κ3) is 5.94. The summed E-state index contributed by atoms with van der Waals surface area (Å²) in [7, 11) is 0. The van der Waals surface area contributed by atoms with Crippen molar-refractivity contribution in [1.82, 2.24) is 5.32 Å². The highest BCUT2D eigenvalue weighted by atomic mass is 35.5. The van der Waals surface area contributed by atoms with E-state index in [2.05, 4.69) is 10.1 Å². The van der Waals surface area contributed by atoms with Crippen LogP contribution in [0.25, 0.3) is 0 Å². The molecule has 0 amide bonds. The van der Waals surface area contributed by atoms with Gasteiger partial charge in [-0.25, -0.2) is 0 Å². The van der Waals surface area contributed by atoms with Gasteiger partial charge in [-0.1, -0.05) is 23.7 Å². The lowest BCUT2D eigenvalue weighted by molar-refractivity contribution is -0.153. The van der Waals surface area contributed by atoms with Crippen molar-refractivity contribution in [3.8, 4) is 17.2 Å². The topological polar surface area (TPSA) is 39.7 Å². The molecule has 8 heteroatoms. The maximum Gasteiger partial charge on any atom is 0.422 e. The maximum atomic E-state index is 12.1. The summed E-state index contributed by atoms with van der Waals surface area (Å²) < 4.78 is 52.4. The van der Waals surface area contributed by atoms with Gasteiger partial charge in [-0.05, 0) is 35.4 Å². The van der Waals surface area contributed by atoms with Crippen LogP contribution in [0.2, 0.25) is 5.02 Å². The van der Waals surface area contributed by atoms with Gasteiger partial charge < -0.3 is 19.5 Å². The van der Waals surface area contributed by atoms with E-state index in [0.717, 1.165) is 17.5 Å². The number of ether oxygens (including phenoxy) is 3. The van der Waals surface area contributed by atoms with Gasteiger partial charge in [-0.3, -0.25) is 0 Å². The van der Waals surface area contributed by atoms with Crippen LogP contribution in [0.5, 0.6) is 17.2 Å². The summed E-state index contributed by atoms with van der Waals surface area (Å²) >= 11 is 6.27. The molecule has 1 aliphatic heterocycles. The lowest BCUT2D eigenvalue weighted by Crippen LogP contribution is -2.19. The lowest BCUT2D eigenvalue weighted by Gasteiger charge is -2.12. The molecule has 1 N–H and O–H groups in total. The summed E-state index contributed by atoms with van der Waals surface area (Å²) in [6.07, 6.45) is -3.54. The van der Waals surface area contributed by atoms with Crippen LogP contribution in [0.3, 0.4) is 0 Å². The monoisotopic (exact) mass is 401 g/mol. The number of hydrogen-bond donors (Lipinski definition) is 1. The van der Waals surface area contributed by atoms with Crippen molar-refractivity contribution in [2.75, 3.05) is 19.8 Å². The van der Waals surface area contributed by atoms with Crippen molar-refractivity contribution in [1.29, 1.82) is 0 Å². The molecule has 0 saturated heterocycles. The highest BCUT2D eigenvalue weighted by Crippen LogP contribution is 2.38. The van der Waals surface area contributed by atoms with Gasteiger partial charge in [-0.15, -0.1) is 0 Å². The highest BCUT2D eigenvalue weighted by Gasteiger charge is 2.28. The average Bonchev–Trinajstić information content (AvgIpc) is 2.86. The molecule has 0 unspecified atom stereocenters. The van der Waals surface area contributed by atoms with E-state index in [4.69, 9.17) is 21.1 Å². The first-order valence-electron chi connectivity index (χ1n) is 8.48. The maximum absolute atomic E-state index is 12.1. The predicted octanol–water partition coefficient (Wildman–Crippen LogP) is 4.73. The summed E-state index contributed by atoms with van der Waals surface area (Å²) in [4.78, 5) is 0. The molecular weight excluding hydrogens is 383 g/mol. The van der Waals surface area contributed by atoms with Crippen LogP contribution >= 0.6 is 11.6 Å². The number of alkyl halides is 3. The molecule has 4 nitrogen and oxygen atoms in total. The van der Waals surface area contributed by atoms with Crippen LogP contribution in [0, 0.1) is 0 Å². The van der Waals surface area contributed by atoms with Gasteiger partial charge in [0.2, 0.25) is 0 Å². The minimum Gasteiger partial charge on any atom is -0.489 e. The van der Waals surface area contributed by atoms with Crippen LogP contribution < -0.4 is 19.5 Å². The van der Waals surface area contributed by atoms with Crippen LogP contribution in [-0.4, -0.2) is 26.0 Å². The molecule has 1 heterocycles. The van der Waals surface area contributed by atoms with Gasteiger partial charge in [0.15, 0.2) is 18.1 Å². The Morgan fingerprint density at radius 2 is 1.70 bits per heavy atom. The van der Waals surface area contributed by atoms with Crippen LogP contribution in [0.4, 0.5) is 13.2 Å². The largest absolute Gasteiger partial charge is 0.489 e. The van der Waals surface area contributed by atoms with Crippen molar-refractivity contribution in [2.45, 2.75) is 25.7 Å². The SMILES string of the molecule is FC(F)(F)COc1ccc(CNCc2cc(Cl)c3c(c2)OCCCO3)cc1. The van der Waals surface area contributed by atoms with E-state index in [1.54, 1.807) is 12.1 Å². The Labute approximate surface area is 160 Å². The van der Waals surface area contributed by atoms with Gasteiger partial charge in [0, 0.05) is 19.5 Å². The second kappa shape index (κ2) is 8.71. The quantitative estimate of drug-likeness (QED) is 0.759. The Morgan fingerprint density at radius 3 is 2.44 bits per heavy atom. The second-order valence-electron chi connectivity index (χ2n) is 6.11. The molecular formula is C19H19ClF3NO3. The average molecular weight is 402 g/mol. The molecule has 2 aromatic rings. The molecule has 0 saturated carbocycles. The Hall–Kier alpha value is -2.12. The summed E-state index contributed by atoms with van der Waals surface area (Å²) in [5.74, 6) is 1.40. The van der Waals surface area contributed by atoms with Crippen molar-refractivity contribution in [3.63, 3.8) is 0 Å². The Morgan fingerprint density at radius 1 is 1.00 bits per heavy atom. The first-order chi connectivity index (χ1) is 12.9. The third-order valence-electron chi connectivity index (χ3n) is 3.85. The summed E-state index contributed by atoms with van der Waals surface area (Å²) in [5, 5.41) is 3.78. The second-order valence-corrected chi connectivity index (χ2v) is 6.51. The van der Waals surface area contributed by atoms with E-state index in [1.165, 1.54) is 12.1 Å². The first kappa shape index (κ1) is 19.6. The molecule has 0 aromatic heterocycles. The zero-order valence-corrected chi connectivity index (χ0v) is 15.2. The molecule has 0 aliphatic carbocycles. The molecule has 1 aliphatic rings. The Bertz CT molecular complexity index is 766. The number of benzene rings is 2. The number of nitrogens with one attached hydrogen (secondary N) is 1. The molecule has 0 bridgehead atoms. The van der Waals surface area contributed by atoms with Crippen molar-refractivity contribution in [2.24, 2.45) is 0 Å². The number of fused-ring (bicyclic) bond motifs is 1. The number of rotatable bonds is 6. The van der Waals surface area contributed by atoms with E-state index in [1.807, 2.05) is 12.1 Å². The first-order valence-corrected chi connectivity index (χ1v) is 8.86. The fourth-order valence-electron chi connectivity index (χ4n) is 2.61. The van der Waals surface area contributed by atoms with Crippen molar-refractivity contribution in [3.05, 3.63) is 52.5 Å². The van der Waals surface area contributed by atoms with E-state index in [0.29, 0.717) is 42.8 Å². The van der Waals surface area contributed by atoms with Crippen molar-refractivity contribution >= 4 is 11.6 Å². The van der Waals surface area contributed by atoms with Gasteiger partial charge in [0.1, 0.15) is 5.75 Å². The van der Waals surface area contributed by atoms with Crippen LogP contribution in [0.15, 0.2) is 36.4 Å². The Balaban J connectivity index is 1.52. The smallest absolute Gasteiger partial charge is 0.422 e. The van der Waals surface area contributed by atoms with E-state index in [-0.39, 0.29) is 5.75 Å².